The summed E-state index contributed by atoms with van der Waals surface area (Å²) in [5, 5.41) is 27.5. The Bertz CT molecular complexity index is 4260. The summed E-state index contributed by atoms with van der Waals surface area (Å²) < 4.78 is 152. The molecule has 0 saturated heterocycles. The third-order valence-corrected chi connectivity index (χ3v) is 17.9. The second-order valence-corrected chi connectivity index (χ2v) is 24.4. The minimum absolute atomic E-state index is 0. The largest absolute Gasteiger partial charge is 1.00 e. The third kappa shape index (κ3) is 13.3. The number of fused-ring (bicyclic) bond motifs is 2. The Morgan fingerprint density at radius 3 is 1.66 bits per heavy atom. The summed E-state index contributed by atoms with van der Waals surface area (Å²) in [6.45, 7) is 13.1. The van der Waals surface area contributed by atoms with Crippen LogP contribution >= 0.6 is 22.7 Å². The van der Waals surface area contributed by atoms with Crippen molar-refractivity contribution in [1.29, 1.82) is 5.26 Å². The van der Waals surface area contributed by atoms with E-state index in [0.29, 0.717) is 27.8 Å². The van der Waals surface area contributed by atoms with Gasteiger partial charge in [0.05, 0.1) is 51.4 Å². The molecular weight excluding hydrogens is 1120 g/mol. The first kappa shape index (κ1) is 67.2. The van der Waals surface area contributed by atoms with E-state index >= 15 is 0 Å². The molecule has 8 aromatic rings. The van der Waals surface area contributed by atoms with Crippen molar-refractivity contribution in [2.24, 2.45) is 10.2 Å². The molecule has 79 heavy (non-hydrogen) atoms. The summed E-state index contributed by atoms with van der Waals surface area (Å²) >= 11 is 1.87. The van der Waals surface area contributed by atoms with Crippen LogP contribution in [0.3, 0.4) is 0 Å². The topological polar surface area (TPSA) is 349 Å². The number of nitrogens with zero attached hydrogens (tertiary/aromatic N) is 9. The second-order valence-electron chi connectivity index (χ2n) is 17.0. The van der Waals surface area contributed by atoms with Crippen molar-refractivity contribution in [3.8, 4) is 11.2 Å². The molecule has 0 aliphatic heterocycles. The van der Waals surface area contributed by atoms with Crippen molar-refractivity contribution >= 4 is 123 Å². The molecule has 1 N–H and O–H groups in total. The number of aromatic nitrogens is 5. The molecule has 8 rings (SSSR count). The quantitative estimate of drug-likeness (QED) is 0.0576. The number of nitrogens with one attached hydrogen (secondary N) is 1. The van der Waals surface area contributed by atoms with Crippen LogP contribution in [0.2, 0.25) is 0 Å². The predicted octanol–water partition coefficient (Wildman–Crippen LogP) is -2.90. The molecule has 0 spiro atoms. The van der Waals surface area contributed by atoms with E-state index in [-0.39, 0.29) is 189 Å². The molecule has 0 atom stereocenters. The van der Waals surface area contributed by atoms with Gasteiger partial charge in [0.25, 0.3) is 0 Å². The molecule has 32 heteroatoms. The van der Waals surface area contributed by atoms with Crippen LogP contribution in [0.15, 0.2) is 84.4 Å². The van der Waals surface area contributed by atoms with Crippen molar-refractivity contribution in [1.82, 2.24) is 24.7 Å². The number of anilines is 5. The van der Waals surface area contributed by atoms with E-state index in [4.69, 9.17) is 9.97 Å². The molecule has 0 bridgehead atoms. The van der Waals surface area contributed by atoms with Crippen molar-refractivity contribution in [2.45, 2.75) is 101 Å². The zero-order valence-electron chi connectivity index (χ0n) is 44.9. The van der Waals surface area contributed by atoms with Gasteiger partial charge in [0.1, 0.15) is 63.6 Å². The fraction of sp³-hybridized carbons (Fsp3) is 0.255. The Morgan fingerprint density at radius 2 is 1.15 bits per heavy atom. The number of hydrogen-bond acceptors (Lipinski definition) is 23. The number of hydrogen-bond donors (Lipinski definition) is 1. The van der Waals surface area contributed by atoms with Gasteiger partial charge in [0.2, 0.25) is 5.13 Å². The molecule has 0 fully saturated rings. The van der Waals surface area contributed by atoms with Crippen LogP contribution in [-0.4, -0.2) is 76.6 Å². The van der Waals surface area contributed by atoms with Gasteiger partial charge in [0.15, 0.2) is 16.8 Å². The molecular formula is C47H42Li4N10O12S6. The standard InChI is InChI=1S/C47H46N10O12S6.4Li/c1-9-27-17-24(6)42(74(64,65)66)31(11-3)40(27)52-44-39(53-54-45-33(22-48)26(8)55-57(45)47-50-35-16-14-30(73(61,62)63)21-37(35)71-47)23(5)19-38(51-44)56(46-49-34-15-13-29(72(58,59)60)20-36(34)70-46)41-28(10-2)18-25(7)43(32(41)12-4)75(67,68)69;;;;/h13-21H,9-12H2,1-8H3,(H,51,52)(H,58,59,60)(H,61,62,63)(H,64,65,66)(H,67,68,69);;;;/q;4*+1/p-4. The van der Waals surface area contributed by atoms with Gasteiger partial charge >= 0.3 is 75.4 Å². The first-order chi connectivity index (χ1) is 35.1. The van der Waals surface area contributed by atoms with Gasteiger partial charge in [-0.2, -0.15) is 15.0 Å². The maximum atomic E-state index is 13.1. The summed E-state index contributed by atoms with van der Waals surface area (Å²) in [5.41, 5.74) is 3.03. The molecule has 4 heterocycles. The molecule has 22 nitrogen and oxygen atoms in total. The van der Waals surface area contributed by atoms with Crippen LogP contribution in [-0.2, 0) is 66.2 Å². The summed E-state index contributed by atoms with van der Waals surface area (Å²) in [4.78, 5) is 14.0. The van der Waals surface area contributed by atoms with E-state index in [1.165, 1.54) is 48.6 Å². The summed E-state index contributed by atoms with van der Waals surface area (Å²) in [5.74, 6) is -0.269. The molecule has 0 radical (unpaired) electrons. The van der Waals surface area contributed by atoms with Gasteiger partial charge in [-0.25, -0.2) is 48.6 Å². The normalized spacial score (nSPS) is 11.9. The number of thiazole rings is 2. The first-order valence-corrected chi connectivity index (χ1v) is 29.9. The summed E-state index contributed by atoms with van der Waals surface area (Å²) in [6, 6.07) is 13.9. The summed E-state index contributed by atoms with van der Waals surface area (Å²) in [7, 11) is -20.0. The average Bonchev–Trinajstić information content (AvgIpc) is 4.05. The zero-order valence-corrected chi connectivity index (χ0v) is 49.8. The minimum Gasteiger partial charge on any atom is -0.744 e. The van der Waals surface area contributed by atoms with Gasteiger partial charge in [-0.15, -0.1) is 10.2 Å². The predicted molar refractivity (Wildman–Crippen MR) is 276 cm³/mol. The Balaban J connectivity index is 0.00000336. The van der Waals surface area contributed by atoms with E-state index < -0.39 is 60.1 Å². The molecule has 392 valence electrons. The smallest absolute Gasteiger partial charge is 0.744 e. The van der Waals surface area contributed by atoms with Crippen LogP contribution in [0.25, 0.3) is 25.6 Å². The molecule has 4 aromatic carbocycles. The molecule has 0 aliphatic rings. The number of pyridine rings is 1. The second kappa shape index (κ2) is 25.5. The Morgan fingerprint density at radius 1 is 0.633 bits per heavy atom. The number of azo groups is 1. The fourth-order valence-electron chi connectivity index (χ4n) is 8.88. The third-order valence-electron chi connectivity index (χ3n) is 12.1. The maximum Gasteiger partial charge on any atom is 1.00 e. The number of benzene rings is 4. The molecule has 0 saturated carbocycles. The fourth-order valence-corrected chi connectivity index (χ4v) is 14.0. The van der Waals surface area contributed by atoms with Crippen molar-refractivity contribution in [3.05, 3.63) is 105 Å². The summed E-state index contributed by atoms with van der Waals surface area (Å²) in [6.07, 6.45) is 0.616. The minimum atomic E-state index is -5.14. The van der Waals surface area contributed by atoms with Crippen LogP contribution in [0.4, 0.5) is 39.6 Å². The van der Waals surface area contributed by atoms with E-state index in [9.17, 15) is 57.1 Å². The Kier molecular flexibility index (Phi) is 21.7. The van der Waals surface area contributed by atoms with Crippen LogP contribution in [0.5, 0.6) is 0 Å². The van der Waals surface area contributed by atoms with Gasteiger partial charge in [-0.05, 0) is 135 Å². The number of nitriles is 1. The Hall–Kier alpha value is -4.26. The van der Waals surface area contributed by atoms with Crippen LogP contribution in [0.1, 0.15) is 77.9 Å². The molecule has 0 unspecified atom stereocenters. The monoisotopic (exact) mass is 1160 g/mol. The van der Waals surface area contributed by atoms with E-state index in [0.717, 1.165) is 46.9 Å². The van der Waals surface area contributed by atoms with Crippen LogP contribution in [0, 0.1) is 39.0 Å². The average molecular weight is 1160 g/mol. The Labute approximate surface area is 512 Å². The number of rotatable bonds is 16. The van der Waals surface area contributed by atoms with Gasteiger partial charge in [0, 0.05) is 5.69 Å². The zero-order chi connectivity index (χ0) is 54.9. The van der Waals surface area contributed by atoms with E-state index in [1.54, 1.807) is 32.9 Å². The molecule has 0 amide bonds. The first-order valence-electron chi connectivity index (χ1n) is 22.6. The van der Waals surface area contributed by atoms with Crippen molar-refractivity contribution in [2.75, 3.05) is 10.2 Å². The van der Waals surface area contributed by atoms with Gasteiger partial charge in [-0.3, -0.25) is 4.90 Å². The van der Waals surface area contributed by atoms with E-state index in [1.807, 2.05) is 13.8 Å². The SMILES string of the molecule is CCc1cc(C)c(S(=O)(=O)[O-])c(CC)c1Nc1nc(N(c2nc3ccc(S(=O)(=O)[O-])cc3s2)c2c(CC)cc(C)c(S(=O)(=O)[O-])c2CC)cc(C)c1N=Nc1c(C#N)c(C)nn1-c1nc2ccc(S(=O)(=O)[O-])cc2s1.[Li+].[Li+].[Li+].[Li+]. The van der Waals surface area contributed by atoms with Crippen LogP contribution < -0.4 is 85.7 Å². The van der Waals surface area contributed by atoms with E-state index in [2.05, 4.69) is 31.7 Å². The van der Waals surface area contributed by atoms with Crippen molar-refractivity contribution in [3.63, 3.8) is 0 Å². The van der Waals surface area contributed by atoms with Gasteiger partial charge < -0.3 is 23.5 Å². The number of aryl methyl sites for hydroxylation is 6. The van der Waals surface area contributed by atoms with Gasteiger partial charge in [-0.1, -0.05) is 62.5 Å². The van der Waals surface area contributed by atoms with Crippen molar-refractivity contribution < 1.29 is 127 Å². The molecule has 4 aromatic heterocycles. The molecule has 0 aliphatic carbocycles. The maximum absolute atomic E-state index is 13.1.